The minimum atomic E-state index is -0.692. The quantitative estimate of drug-likeness (QED) is 0.611. The van der Waals surface area contributed by atoms with Gasteiger partial charge in [-0.05, 0) is 50.2 Å². The van der Waals surface area contributed by atoms with Crippen molar-refractivity contribution in [3.63, 3.8) is 0 Å². The first-order valence-corrected chi connectivity index (χ1v) is 10.5. The Morgan fingerprint density at radius 2 is 1.79 bits per heavy atom. The highest BCUT2D eigenvalue weighted by Crippen LogP contribution is 2.27. The van der Waals surface area contributed by atoms with Crippen LogP contribution in [0.25, 0.3) is 0 Å². The highest BCUT2D eigenvalue weighted by Gasteiger charge is 2.36. The summed E-state index contributed by atoms with van der Waals surface area (Å²) in [7, 11) is 1.48. The van der Waals surface area contributed by atoms with Crippen LogP contribution in [0.2, 0.25) is 0 Å². The Hall–Kier alpha value is -3.88. The van der Waals surface area contributed by atoms with E-state index in [0.29, 0.717) is 22.7 Å². The molecule has 174 valence electrons. The number of benzene rings is 2. The predicted octanol–water partition coefficient (Wildman–Crippen LogP) is 2.80. The number of para-hydroxylation sites is 2. The number of esters is 2. The largest absolute Gasteiger partial charge is 0.495 e. The number of nitrogens with zero attached hydrogens (tertiary/aromatic N) is 1. The highest BCUT2D eigenvalue weighted by molar-refractivity contribution is 6.00. The molecule has 1 heterocycles. The summed E-state index contributed by atoms with van der Waals surface area (Å²) < 4.78 is 15.4. The Kier molecular flexibility index (Phi) is 7.66. The maximum Gasteiger partial charge on any atom is 0.338 e. The number of anilines is 2. The Morgan fingerprint density at radius 3 is 2.45 bits per heavy atom. The summed E-state index contributed by atoms with van der Waals surface area (Å²) >= 11 is 0. The van der Waals surface area contributed by atoms with Crippen molar-refractivity contribution >= 4 is 35.1 Å². The lowest BCUT2D eigenvalue weighted by molar-refractivity contribution is -0.151. The first-order chi connectivity index (χ1) is 15.8. The normalized spacial score (nSPS) is 15.3. The van der Waals surface area contributed by atoms with Crippen LogP contribution in [0.5, 0.6) is 5.75 Å². The third-order valence-electron chi connectivity index (χ3n) is 4.94. The first-order valence-electron chi connectivity index (χ1n) is 10.5. The lowest BCUT2D eigenvalue weighted by atomic mass is 10.1. The summed E-state index contributed by atoms with van der Waals surface area (Å²) in [5.41, 5.74) is 1.39. The van der Waals surface area contributed by atoms with Gasteiger partial charge in [0.15, 0.2) is 6.61 Å². The maximum absolute atomic E-state index is 12.4. The number of carbonyl (C=O) groups excluding carboxylic acids is 4. The number of carbonyl (C=O) groups is 4. The second-order valence-corrected chi connectivity index (χ2v) is 7.76. The van der Waals surface area contributed by atoms with E-state index in [2.05, 4.69) is 5.32 Å². The molecule has 3 rings (SSSR count). The zero-order chi connectivity index (χ0) is 24.0. The molecule has 2 aromatic carbocycles. The molecule has 0 saturated carbocycles. The smallest absolute Gasteiger partial charge is 0.338 e. The van der Waals surface area contributed by atoms with Crippen LogP contribution in [0.15, 0.2) is 48.5 Å². The Balaban J connectivity index is 1.53. The summed E-state index contributed by atoms with van der Waals surface area (Å²) in [6.45, 7) is 3.17. The van der Waals surface area contributed by atoms with Gasteiger partial charge < -0.3 is 24.4 Å². The van der Waals surface area contributed by atoms with Crippen molar-refractivity contribution in [2.24, 2.45) is 5.92 Å². The summed E-state index contributed by atoms with van der Waals surface area (Å²) in [6, 6.07) is 13.3. The molecule has 9 nitrogen and oxygen atoms in total. The van der Waals surface area contributed by atoms with E-state index >= 15 is 0 Å². The molecule has 0 radical (unpaired) electrons. The van der Waals surface area contributed by atoms with Gasteiger partial charge in [0.25, 0.3) is 5.91 Å². The van der Waals surface area contributed by atoms with Gasteiger partial charge in [-0.1, -0.05) is 12.1 Å². The number of rotatable bonds is 8. The summed E-state index contributed by atoms with van der Waals surface area (Å²) in [5.74, 6) is -2.04. The second-order valence-electron chi connectivity index (χ2n) is 7.76. The van der Waals surface area contributed by atoms with Crippen molar-refractivity contribution in [3.8, 4) is 5.75 Å². The third kappa shape index (κ3) is 6.09. The molecule has 1 fully saturated rings. The number of nitrogens with one attached hydrogen (secondary N) is 1. The lowest BCUT2D eigenvalue weighted by Gasteiger charge is -2.17. The number of amides is 2. The van der Waals surface area contributed by atoms with E-state index in [4.69, 9.17) is 14.2 Å². The molecule has 1 aliphatic heterocycles. The number of ether oxygens (including phenoxy) is 3. The fourth-order valence-corrected chi connectivity index (χ4v) is 3.36. The molecule has 1 saturated heterocycles. The summed E-state index contributed by atoms with van der Waals surface area (Å²) in [6.07, 6.45) is -0.259. The molecule has 1 N–H and O–H groups in total. The molecular formula is C24H26N2O7. The Morgan fingerprint density at radius 1 is 1.09 bits per heavy atom. The lowest BCUT2D eigenvalue weighted by Crippen LogP contribution is -2.28. The van der Waals surface area contributed by atoms with Crippen LogP contribution < -0.4 is 15.0 Å². The van der Waals surface area contributed by atoms with E-state index in [0.717, 1.165) is 0 Å². The molecule has 2 aromatic rings. The molecule has 2 amide bonds. The highest BCUT2D eigenvalue weighted by atomic mass is 16.5. The van der Waals surface area contributed by atoms with E-state index in [1.807, 2.05) is 0 Å². The van der Waals surface area contributed by atoms with E-state index < -0.39 is 30.4 Å². The SMILES string of the molecule is COc1ccccc1NC(=O)COC(=O)[C@H]1CC(=O)N(c2ccc(C(=O)OC(C)C)cc2)C1. The van der Waals surface area contributed by atoms with Crippen LogP contribution in [-0.2, 0) is 23.9 Å². The van der Waals surface area contributed by atoms with Crippen molar-refractivity contribution in [1.29, 1.82) is 0 Å². The molecule has 33 heavy (non-hydrogen) atoms. The van der Waals surface area contributed by atoms with Crippen LogP contribution in [0.1, 0.15) is 30.6 Å². The predicted molar refractivity (Wildman–Crippen MR) is 120 cm³/mol. The fourth-order valence-electron chi connectivity index (χ4n) is 3.36. The van der Waals surface area contributed by atoms with Crippen LogP contribution in [0, 0.1) is 5.92 Å². The zero-order valence-electron chi connectivity index (χ0n) is 18.7. The van der Waals surface area contributed by atoms with Crippen molar-refractivity contribution in [3.05, 3.63) is 54.1 Å². The van der Waals surface area contributed by atoms with Crippen molar-refractivity contribution < 1.29 is 33.4 Å². The van der Waals surface area contributed by atoms with E-state index in [1.54, 1.807) is 62.4 Å². The Labute approximate surface area is 191 Å². The Bertz CT molecular complexity index is 1030. The van der Waals surface area contributed by atoms with E-state index in [9.17, 15) is 19.2 Å². The molecule has 0 spiro atoms. The van der Waals surface area contributed by atoms with Crippen LogP contribution in [0.4, 0.5) is 11.4 Å². The van der Waals surface area contributed by atoms with Gasteiger partial charge in [0.1, 0.15) is 5.75 Å². The van der Waals surface area contributed by atoms with Gasteiger partial charge in [-0.15, -0.1) is 0 Å². The fraction of sp³-hybridized carbons (Fsp3) is 0.333. The average Bonchev–Trinajstić information content (AvgIpc) is 3.19. The van der Waals surface area contributed by atoms with Gasteiger partial charge in [0.2, 0.25) is 5.91 Å². The van der Waals surface area contributed by atoms with Gasteiger partial charge in [0, 0.05) is 18.7 Å². The minimum Gasteiger partial charge on any atom is -0.495 e. The molecule has 9 heteroatoms. The number of methoxy groups -OCH3 is 1. The van der Waals surface area contributed by atoms with Crippen LogP contribution in [-0.4, -0.2) is 50.1 Å². The monoisotopic (exact) mass is 454 g/mol. The van der Waals surface area contributed by atoms with Crippen molar-refractivity contribution in [1.82, 2.24) is 0 Å². The van der Waals surface area contributed by atoms with Gasteiger partial charge in [0.05, 0.1) is 30.4 Å². The molecular weight excluding hydrogens is 428 g/mol. The molecule has 1 atom stereocenters. The average molecular weight is 454 g/mol. The topological polar surface area (TPSA) is 111 Å². The van der Waals surface area contributed by atoms with Crippen molar-refractivity contribution in [2.75, 3.05) is 30.5 Å². The first kappa shape index (κ1) is 23.8. The maximum atomic E-state index is 12.4. The van der Waals surface area contributed by atoms with Crippen molar-refractivity contribution in [2.45, 2.75) is 26.4 Å². The summed E-state index contributed by atoms with van der Waals surface area (Å²) in [4.78, 5) is 50.4. The van der Waals surface area contributed by atoms with Gasteiger partial charge in [-0.3, -0.25) is 14.4 Å². The van der Waals surface area contributed by atoms with Crippen LogP contribution in [0.3, 0.4) is 0 Å². The van der Waals surface area contributed by atoms with Gasteiger partial charge in [-0.25, -0.2) is 4.79 Å². The molecule has 0 aromatic heterocycles. The second kappa shape index (κ2) is 10.6. The molecule has 0 aliphatic carbocycles. The van der Waals surface area contributed by atoms with Gasteiger partial charge >= 0.3 is 11.9 Å². The summed E-state index contributed by atoms with van der Waals surface area (Å²) in [5, 5.41) is 2.62. The molecule has 0 unspecified atom stereocenters. The standard InChI is InChI=1S/C24H26N2O7/c1-15(2)33-24(30)16-8-10-18(11-9-16)26-13-17(12-22(26)28)23(29)32-14-21(27)25-19-6-4-5-7-20(19)31-3/h4-11,15,17H,12-14H2,1-3H3,(H,25,27)/t17-/m0/s1. The minimum absolute atomic E-state index is 0.0237. The molecule has 1 aliphatic rings. The number of hydrogen-bond acceptors (Lipinski definition) is 7. The number of hydrogen-bond donors (Lipinski definition) is 1. The van der Waals surface area contributed by atoms with Crippen LogP contribution >= 0.6 is 0 Å². The van der Waals surface area contributed by atoms with E-state index in [1.165, 1.54) is 12.0 Å². The third-order valence-corrected chi connectivity index (χ3v) is 4.94. The van der Waals surface area contributed by atoms with Gasteiger partial charge in [-0.2, -0.15) is 0 Å². The van der Waals surface area contributed by atoms with E-state index in [-0.39, 0.29) is 25.0 Å². The zero-order valence-corrected chi connectivity index (χ0v) is 18.7. The molecule has 0 bridgehead atoms.